The molecule has 1 amide bonds. The standard InChI is InChI=1S/C13H18N2O2S/c1-2-6-11(13(14)18)15-12(16)9-17-10-7-4-3-5-8-10/h3-5,7-8,11H,2,6,9H2,1H3,(H2,14,18)(H,15,16). The molecule has 4 nitrogen and oxygen atoms in total. The van der Waals surface area contributed by atoms with Crippen LogP contribution in [0.2, 0.25) is 0 Å². The Morgan fingerprint density at radius 2 is 2.11 bits per heavy atom. The molecule has 0 aromatic heterocycles. The zero-order valence-corrected chi connectivity index (χ0v) is 11.2. The molecule has 0 saturated carbocycles. The highest BCUT2D eigenvalue weighted by atomic mass is 32.1. The number of hydrogen-bond donors (Lipinski definition) is 2. The van der Waals surface area contributed by atoms with Crippen LogP contribution in [-0.4, -0.2) is 23.5 Å². The van der Waals surface area contributed by atoms with E-state index >= 15 is 0 Å². The number of rotatable bonds is 7. The number of thiocarbonyl (C=S) groups is 1. The van der Waals surface area contributed by atoms with Crippen LogP contribution < -0.4 is 15.8 Å². The summed E-state index contributed by atoms with van der Waals surface area (Å²) in [7, 11) is 0. The lowest BCUT2D eigenvalue weighted by Crippen LogP contribution is -2.45. The molecule has 1 atom stereocenters. The maximum absolute atomic E-state index is 11.7. The quantitative estimate of drug-likeness (QED) is 0.736. The summed E-state index contributed by atoms with van der Waals surface area (Å²) in [5.41, 5.74) is 5.55. The lowest BCUT2D eigenvalue weighted by Gasteiger charge is -2.16. The normalized spacial score (nSPS) is 11.6. The molecular formula is C13H18N2O2S. The van der Waals surface area contributed by atoms with Gasteiger partial charge in [0.15, 0.2) is 6.61 Å². The van der Waals surface area contributed by atoms with E-state index in [0.717, 1.165) is 12.8 Å². The third-order valence-electron chi connectivity index (χ3n) is 2.37. The fourth-order valence-corrected chi connectivity index (χ4v) is 1.65. The summed E-state index contributed by atoms with van der Waals surface area (Å²) in [4.78, 5) is 12.0. The molecule has 0 fully saturated rings. The summed E-state index contributed by atoms with van der Waals surface area (Å²) < 4.78 is 5.33. The molecule has 0 aliphatic carbocycles. The molecule has 0 spiro atoms. The van der Waals surface area contributed by atoms with Crippen LogP contribution in [0.1, 0.15) is 19.8 Å². The van der Waals surface area contributed by atoms with E-state index in [-0.39, 0.29) is 18.6 Å². The van der Waals surface area contributed by atoms with Crippen LogP contribution in [-0.2, 0) is 4.79 Å². The first-order valence-corrected chi connectivity index (χ1v) is 6.30. The summed E-state index contributed by atoms with van der Waals surface area (Å²) >= 11 is 4.90. The van der Waals surface area contributed by atoms with Crippen molar-refractivity contribution in [2.45, 2.75) is 25.8 Å². The van der Waals surface area contributed by atoms with Gasteiger partial charge in [0.2, 0.25) is 0 Å². The van der Waals surface area contributed by atoms with Gasteiger partial charge in [-0.3, -0.25) is 4.79 Å². The van der Waals surface area contributed by atoms with E-state index in [0.29, 0.717) is 10.7 Å². The predicted molar refractivity (Wildman–Crippen MR) is 75.6 cm³/mol. The number of hydrogen-bond acceptors (Lipinski definition) is 3. The molecule has 0 heterocycles. The number of carbonyl (C=O) groups excluding carboxylic acids is 1. The van der Waals surface area contributed by atoms with E-state index in [4.69, 9.17) is 22.7 Å². The zero-order chi connectivity index (χ0) is 13.4. The molecule has 1 unspecified atom stereocenters. The largest absolute Gasteiger partial charge is 0.484 e. The van der Waals surface area contributed by atoms with Gasteiger partial charge in [-0.25, -0.2) is 0 Å². The van der Waals surface area contributed by atoms with Gasteiger partial charge >= 0.3 is 0 Å². The Balaban J connectivity index is 2.39. The highest BCUT2D eigenvalue weighted by Crippen LogP contribution is 2.07. The Morgan fingerprint density at radius 1 is 1.44 bits per heavy atom. The molecule has 0 aliphatic heterocycles. The summed E-state index contributed by atoms with van der Waals surface area (Å²) in [6.07, 6.45) is 1.65. The summed E-state index contributed by atoms with van der Waals surface area (Å²) in [5, 5.41) is 2.76. The molecule has 98 valence electrons. The third kappa shape index (κ3) is 5.14. The van der Waals surface area contributed by atoms with E-state index in [1.165, 1.54) is 0 Å². The van der Waals surface area contributed by atoms with Crippen LogP contribution >= 0.6 is 12.2 Å². The van der Waals surface area contributed by atoms with Crippen LogP contribution in [0, 0.1) is 0 Å². The first-order chi connectivity index (χ1) is 8.63. The minimum absolute atomic E-state index is 0.0349. The number of carbonyl (C=O) groups is 1. The van der Waals surface area contributed by atoms with Gasteiger partial charge in [0, 0.05) is 0 Å². The number of para-hydroxylation sites is 1. The van der Waals surface area contributed by atoms with Gasteiger partial charge in [-0.1, -0.05) is 43.8 Å². The first-order valence-electron chi connectivity index (χ1n) is 5.90. The highest BCUT2D eigenvalue weighted by molar-refractivity contribution is 7.80. The van der Waals surface area contributed by atoms with E-state index in [2.05, 4.69) is 5.32 Å². The second kappa shape index (κ2) is 7.66. The molecule has 5 heteroatoms. The lowest BCUT2D eigenvalue weighted by atomic mass is 10.1. The molecule has 0 radical (unpaired) electrons. The molecule has 0 saturated heterocycles. The van der Waals surface area contributed by atoms with Gasteiger partial charge < -0.3 is 15.8 Å². The number of benzene rings is 1. The third-order valence-corrected chi connectivity index (χ3v) is 2.65. The van der Waals surface area contributed by atoms with Crippen molar-refractivity contribution < 1.29 is 9.53 Å². The average molecular weight is 266 g/mol. The van der Waals surface area contributed by atoms with Gasteiger partial charge in [0.1, 0.15) is 5.75 Å². The summed E-state index contributed by atoms with van der Waals surface area (Å²) in [6.45, 7) is 1.98. The number of ether oxygens (including phenoxy) is 1. The van der Waals surface area contributed by atoms with Gasteiger partial charge in [0.05, 0.1) is 11.0 Å². The smallest absolute Gasteiger partial charge is 0.258 e. The molecule has 3 N–H and O–H groups in total. The zero-order valence-electron chi connectivity index (χ0n) is 10.4. The minimum atomic E-state index is -0.253. The van der Waals surface area contributed by atoms with Crippen molar-refractivity contribution in [3.05, 3.63) is 30.3 Å². The Hall–Kier alpha value is -1.62. The topological polar surface area (TPSA) is 64.3 Å². The van der Waals surface area contributed by atoms with Crippen molar-refractivity contribution in [1.82, 2.24) is 5.32 Å². The second-order valence-electron chi connectivity index (χ2n) is 3.91. The minimum Gasteiger partial charge on any atom is -0.484 e. The highest BCUT2D eigenvalue weighted by Gasteiger charge is 2.14. The molecular weight excluding hydrogens is 248 g/mol. The van der Waals surface area contributed by atoms with Crippen molar-refractivity contribution >= 4 is 23.1 Å². The summed E-state index contributed by atoms with van der Waals surface area (Å²) in [6, 6.07) is 8.92. The lowest BCUT2D eigenvalue weighted by molar-refractivity contribution is -0.123. The van der Waals surface area contributed by atoms with Gasteiger partial charge in [-0.2, -0.15) is 0 Å². The van der Waals surface area contributed by atoms with Crippen molar-refractivity contribution in [2.75, 3.05) is 6.61 Å². The van der Waals surface area contributed by atoms with E-state index in [1.54, 1.807) is 12.1 Å². The Morgan fingerprint density at radius 3 is 2.67 bits per heavy atom. The number of amides is 1. The fraction of sp³-hybridized carbons (Fsp3) is 0.385. The molecule has 18 heavy (non-hydrogen) atoms. The predicted octanol–water partition coefficient (Wildman–Crippen LogP) is 1.64. The number of nitrogens with two attached hydrogens (primary N) is 1. The van der Waals surface area contributed by atoms with Crippen LogP contribution in [0.3, 0.4) is 0 Å². The van der Waals surface area contributed by atoms with Crippen LogP contribution in [0.15, 0.2) is 30.3 Å². The van der Waals surface area contributed by atoms with E-state index < -0.39 is 0 Å². The summed E-state index contributed by atoms with van der Waals surface area (Å²) in [5.74, 6) is 0.445. The monoisotopic (exact) mass is 266 g/mol. The van der Waals surface area contributed by atoms with Gasteiger partial charge in [-0.05, 0) is 18.6 Å². The van der Waals surface area contributed by atoms with Gasteiger partial charge in [-0.15, -0.1) is 0 Å². The molecule has 0 aliphatic rings. The van der Waals surface area contributed by atoms with E-state index in [9.17, 15) is 4.79 Å². The maximum Gasteiger partial charge on any atom is 0.258 e. The Kier molecular flexibility index (Phi) is 6.14. The molecule has 1 rings (SSSR count). The number of nitrogens with one attached hydrogen (secondary N) is 1. The van der Waals surface area contributed by atoms with Crippen molar-refractivity contribution in [3.63, 3.8) is 0 Å². The van der Waals surface area contributed by atoms with Crippen LogP contribution in [0.4, 0.5) is 0 Å². The maximum atomic E-state index is 11.7. The van der Waals surface area contributed by atoms with Crippen molar-refractivity contribution in [1.29, 1.82) is 0 Å². The Bertz CT molecular complexity index is 395. The molecule has 0 bridgehead atoms. The van der Waals surface area contributed by atoms with Crippen LogP contribution in [0.25, 0.3) is 0 Å². The first kappa shape index (κ1) is 14.4. The van der Waals surface area contributed by atoms with Crippen LogP contribution in [0.5, 0.6) is 5.75 Å². The molecule has 1 aromatic rings. The second-order valence-corrected chi connectivity index (χ2v) is 4.38. The van der Waals surface area contributed by atoms with Gasteiger partial charge in [0.25, 0.3) is 5.91 Å². The van der Waals surface area contributed by atoms with Crippen molar-refractivity contribution in [3.8, 4) is 5.75 Å². The fourth-order valence-electron chi connectivity index (χ4n) is 1.48. The van der Waals surface area contributed by atoms with E-state index in [1.807, 2.05) is 25.1 Å². The Labute approximate surface area is 113 Å². The van der Waals surface area contributed by atoms with Crippen molar-refractivity contribution in [2.24, 2.45) is 5.73 Å². The SMILES string of the molecule is CCCC(NC(=O)COc1ccccc1)C(N)=S. The average Bonchev–Trinajstić information content (AvgIpc) is 2.37. The molecule has 1 aromatic carbocycles.